The number of aromatic nitrogens is 1. The van der Waals surface area contributed by atoms with E-state index in [9.17, 15) is 14.4 Å². The number of hydrogen-bond acceptors (Lipinski definition) is 5. The first-order chi connectivity index (χ1) is 9.95. The molecule has 0 atom stereocenters. The van der Waals surface area contributed by atoms with E-state index >= 15 is 0 Å². The summed E-state index contributed by atoms with van der Waals surface area (Å²) in [5, 5.41) is 1.82. The van der Waals surface area contributed by atoms with E-state index < -0.39 is 0 Å². The molecule has 6 nitrogen and oxygen atoms in total. The third-order valence-electron chi connectivity index (χ3n) is 3.13. The van der Waals surface area contributed by atoms with Crippen molar-refractivity contribution >= 4 is 23.2 Å². The third-order valence-corrected chi connectivity index (χ3v) is 4.01. The first kappa shape index (κ1) is 17.4. The monoisotopic (exact) mass is 314 g/mol. The zero-order valence-electron chi connectivity index (χ0n) is 12.8. The summed E-state index contributed by atoms with van der Waals surface area (Å²) in [4.78, 5) is 36.2. The third kappa shape index (κ3) is 5.71. The number of amides is 1. The Balaban J connectivity index is 2.30. The highest BCUT2D eigenvalue weighted by Crippen LogP contribution is 2.04. The van der Waals surface area contributed by atoms with Crippen LogP contribution in [0.3, 0.4) is 0 Å². The highest BCUT2D eigenvalue weighted by Gasteiger charge is 2.11. The maximum absolute atomic E-state index is 11.9. The van der Waals surface area contributed by atoms with E-state index in [1.807, 2.05) is 12.3 Å². The van der Waals surface area contributed by atoms with Crippen LogP contribution in [0.15, 0.2) is 10.2 Å². The molecule has 1 aromatic heterocycles. The lowest BCUT2D eigenvalue weighted by molar-refractivity contribution is -0.143. The number of hydrogen-bond donors (Lipinski definition) is 0. The lowest BCUT2D eigenvalue weighted by atomic mass is 10.2. The van der Waals surface area contributed by atoms with Gasteiger partial charge in [0.2, 0.25) is 5.91 Å². The number of thiazole rings is 1. The Kier molecular flexibility index (Phi) is 7.14. The number of nitrogens with zero attached hydrogens (tertiary/aromatic N) is 2. The van der Waals surface area contributed by atoms with Gasteiger partial charge < -0.3 is 14.2 Å². The Morgan fingerprint density at radius 3 is 2.67 bits per heavy atom. The Hall–Kier alpha value is -1.63. The van der Waals surface area contributed by atoms with Crippen LogP contribution in [0.2, 0.25) is 0 Å². The average molecular weight is 314 g/mol. The molecular weight excluding hydrogens is 292 g/mol. The molecule has 0 bridgehead atoms. The fraction of sp³-hybridized carbons (Fsp3) is 0.643. The van der Waals surface area contributed by atoms with E-state index in [1.54, 1.807) is 18.5 Å². The van der Waals surface area contributed by atoms with Crippen molar-refractivity contribution in [2.45, 2.75) is 39.7 Å². The lowest BCUT2D eigenvalue weighted by Gasteiger charge is -2.16. The molecule has 0 aliphatic carbocycles. The van der Waals surface area contributed by atoms with Crippen LogP contribution in [0.4, 0.5) is 0 Å². The summed E-state index contributed by atoms with van der Waals surface area (Å²) in [6, 6.07) is 0. The number of aryl methyl sites for hydroxylation is 1. The zero-order valence-corrected chi connectivity index (χ0v) is 13.6. The van der Waals surface area contributed by atoms with Gasteiger partial charge in [-0.25, -0.2) is 0 Å². The topological polar surface area (TPSA) is 68.6 Å². The van der Waals surface area contributed by atoms with Gasteiger partial charge >= 0.3 is 10.8 Å². The van der Waals surface area contributed by atoms with E-state index in [4.69, 9.17) is 4.74 Å². The van der Waals surface area contributed by atoms with Crippen LogP contribution in [-0.2, 0) is 20.9 Å². The molecule has 0 aliphatic heterocycles. The summed E-state index contributed by atoms with van der Waals surface area (Å²) >= 11 is 1.17. The van der Waals surface area contributed by atoms with Crippen LogP contribution in [-0.4, -0.2) is 41.5 Å². The predicted molar refractivity (Wildman–Crippen MR) is 81.4 cm³/mol. The van der Waals surface area contributed by atoms with Gasteiger partial charge in [-0.05, 0) is 20.3 Å². The minimum Gasteiger partial charge on any atom is -0.466 e. The molecule has 0 saturated heterocycles. The zero-order chi connectivity index (χ0) is 15.8. The fourth-order valence-corrected chi connectivity index (χ4v) is 2.63. The first-order valence-electron chi connectivity index (χ1n) is 7.00. The molecule has 1 heterocycles. The molecule has 0 spiro atoms. The maximum atomic E-state index is 11.9. The van der Waals surface area contributed by atoms with Gasteiger partial charge in [-0.3, -0.25) is 14.4 Å². The van der Waals surface area contributed by atoms with E-state index in [0.717, 1.165) is 5.69 Å². The second-order valence-corrected chi connectivity index (χ2v) is 5.59. The van der Waals surface area contributed by atoms with E-state index in [-0.39, 0.29) is 23.2 Å². The number of rotatable bonds is 8. The standard InChI is InChI=1S/C14H22N2O4S/c1-4-20-13(18)7-9-15(3)12(17)6-5-8-16-11(2)10-21-14(16)19/h10H,4-9H2,1-3H3. The van der Waals surface area contributed by atoms with Crippen molar-refractivity contribution in [3.63, 3.8) is 0 Å². The minimum atomic E-state index is -0.294. The van der Waals surface area contributed by atoms with Crippen molar-refractivity contribution in [1.29, 1.82) is 0 Å². The second-order valence-electron chi connectivity index (χ2n) is 4.77. The first-order valence-corrected chi connectivity index (χ1v) is 7.88. The van der Waals surface area contributed by atoms with Crippen molar-refractivity contribution in [2.75, 3.05) is 20.2 Å². The normalized spacial score (nSPS) is 10.4. The molecule has 0 aromatic carbocycles. The van der Waals surface area contributed by atoms with Crippen molar-refractivity contribution in [3.8, 4) is 0 Å². The largest absolute Gasteiger partial charge is 0.466 e. The van der Waals surface area contributed by atoms with E-state index in [1.165, 1.54) is 16.2 Å². The molecule has 1 rings (SSSR count). The SMILES string of the molecule is CCOC(=O)CCN(C)C(=O)CCCn1c(C)csc1=O. The highest BCUT2D eigenvalue weighted by molar-refractivity contribution is 7.07. The quantitative estimate of drug-likeness (QED) is 0.680. The molecule has 1 aromatic rings. The minimum absolute atomic E-state index is 0.00983. The van der Waals surface area contributed by atoms with Crippen LogP contribution in [0, 0.1) is 6.92 Å². The van der Waals surface area contributed by atoms with Gasteiger partial charge in [-0.2, -0.15) is 0 Å². The van der Waals surface area contributed by atoms with Gasteiger partial charge in [0.25, 0.3) is 0 Å². The molecule has 0 fully saturated rings. The second kappa shape index (κ2) is 8.61. The van der Waals surface area contributed by atoms with Crippen molar-refractivity contribution in [1.82, 2.24) is 9.47 Å². The molecule has 21 heavy (non-hydrogen) atoms. The number of carbonyl (C=O) groups excluding carboxylic acids is 2. The molecule has 7 heteroatoms. The molecule has 0 radical (unpaired) electrons. The summed E-state index contributed by atoms with van der Waals surface area (Å²) in [7, 11) is 1.67. The molecule has 0 N–H and O–H groups in total. The Morgan fingerprint density at radius 2 is 2.10 bits per heavy atom. The number of carbonyl (C=O) groups is 2. The Bertz CT molecular complexity index is 535. The molecule has 118 valence electrons. The summed E-state index contributed by atoms with van der Waals surface area (Å²) in [6.07, 6.45) is 1.18. The van der Waals surface area contributed by atoms with Crippen LogP contribution >= 0.6 is 11.3 Å². The maximum Gasteiger partial charge on any atom is 0.307 e. The predicted octanol–water partition coefficient (Wildman–Crippen LogP) is 1.41. The van der Waals surface area contributed by atoms with Gasteiger partial charge in [0, 0.05) is 37.6 Å². The van der Waals surface area contributed by atoms with Crippen molar-refractivity contribution in [2.24, 2.45) is 0 Å². The van der Waals surface area contributed by atoms with Crippen molar-refractivity contribution < 1.29 is 14.3 Å². The summed E-state index contributed by atoms with van der Waals surface area (Å²) < 4.78 is 6.49. The Morgan fingerprint density at radius 1 is 1.38 bits per heavy atom. The highest BCUT2D eigenvalue weighted by atomic mass is 32.1. The van der Waals surface area contributed by atoms with Gasteiger partial charge in [0.15, 0.2) is 0 Å². The van der Waals surface area contributed by atoms with Crippen LogP contribution < -0.4 is 4.87 Å². The Labute approximate surface area is 128 Å². The molecule has 0 unspecified atom stereocenters. The van der Waals surface area contributed by atoms with Gasteiger partial charge in [0.1, 0.15) is 0 Å². The molecule has 0 saturated carbocycles. The van der Waals surface area contributed by atoms with Crippen molar-refractivity contribution in [3.05, 3.63) is 20.7 Å². The van der Waals surface area contributed by atoms with Gasteiger partial charge in [0.05, 0.1) is 13.0 Å². The molecule has 1 amide bonds. The van der Waals surface area contributed by atoms with Crippen LogP contribution in [0.25, 0.3) is 0 Å². The smallest absolute Gasteiger partial charge is 0.307 e. The van der Waals surface area contributed by atoms with Gasteiger partial charge in [-0.15, -0.1) is 0 Å². The fourth-order valence-electron chi connectivity index (χ4n) is 1.87. The molecule has 0 aliphatic rings. The van der Waals surface area contributed by atoms with E-state index in [0.29, 0.717) is 32.5 Å². The number of esters is 1. The number of ether oxygens (including phenoxy) is 1. The van der Waals surface area contributed by atoms with Crippen LogP contribution in [0.5, 0.6) is 0 Å². The van der Waals surface area contributed by atoms with Crippen LogP contribution in [0.1, 0.15) is 31.9 Å². The van der Waals surface area contributed by atoms with E-state index in [2.05, 4.69) is 0 Å². The lowest BCUT2D eigenvalue weighted by Crippen LogP contribution is -2.29. The summed E-state index contributed by atoms with van der Waals surface area (Å²) in [5.41, 5.74) is 0.924. The summed E-state index contributed by atoms with van der Waals surface area (Å²) in [5.74, 6) is -0.321. The molecular formula is C14H22N2O4S. The average Bonchev–Trinajstić information content (AvgIpc) is 2.76. The summed E-state index contributed by atoms with van der Waals surface area (Å²) in [6.45, 7) is 4.89. The van der Waals surface area contributed by atoms with Gasteiger partial charge in [-0.1, -0.05) is 11.3 Å².